The van der Waals surface area contributed by atoms with Crippen molar-refractivity contribution in [3.63, 3.8) is 0 Å². The summed E-state index contributed by atoms with van der Waals surface area (Å²) >= 11 is 0. The third-order valence-electron chi connectivity index (χ3n) is 12.9. The van der Waals surface area contributed by atoms with Crippen molar-refractivity contribution in [1.82, 2.24) is 0 Å². The number of hydrogen-bond acceptors (Lipinski definition) is 6. The van der Waals surface area contributed by atoms with E-state index in [1.54, 1.807) is 12.1 Å². The summed E-state index contributed by atoms with van der Waals surface area (Å²) in [4.78, 5) is 37.5. The van der Waals surface area contributed by atoms with E-state index in [4.69, 9.17) is 9.47 Å². The molecule has 1 aromatic carbocycles. The summed E-state index contributed by atoms with van der Waals surface area (Å²) in [6.07, 6.45) is 9.18. The van der Waals surface area contributed by atoms with Gasteiger partial charge in [0.1, 0.15) is 17.8 Å². The smallest absolute Gasteiger partial charge is 0.339 e. The molecule has 2 N–H and O–H groups in total. The molecule has 7 nitrogen and oxygen atoms in total. The number of rotatable bonds is 9. The van der Waals surface area contributed by atoms with Gasteiger partial charge >= 0.3 is 17.9 Å². The fraction of sp³-hybridized carbons (Fsp3) is 0.757. The molecule has 0 heterocycles. The number of carbonyl (C=O) groups excluding carboxylic acids is 2. The standard InChI is InChI=1S/C37H54O7/c1-22(2)10-9-11-23(3)29-14-15-30-28-20-32(44-34(41)27-13-8-7-12-26(27)33(39)40)37(42)21-25(43-24(4)38)16-19-36(37,6)31(28)17-18-35(29,30)5/h7-8,12-13,22-23,25,28-32,42H,9-11,14-21H2,1-6H3,(H,39,40)/t23-,25+,28+,29-,30+,31+,32-,35-,36-,37+/m1/s1. The minimum Gasteiger partial charge on any atom is -0.478 e. The third-order valence-corrected chi connectivity index (χ3v) is 12.9. The fourth-order valence-electron chi connectivity index (χ4n) is 10.8. The largest absolute Gasteiger partial charge is 0.478 e. The Bertz CT molecular complexity index is 1240. The van der Waals surface area contributed by atoms with Crippen LogP contribution in [0.4, 0.5) is 0 Å². The van der Waals surface area contributed by atoms with Gasteiger partial charge in [0.25, 0.3) is 0 Å². The first-order valence-corrected chi connectivity index (χ1v) is 17.1. The van der Waals surface area contributed by atoms with Crippen LogP contribution >= 0.6 is 0 Å². The highest BCUT2D eigenvalue weighted by atomic mass is 16.6. The molecule has 0 unspecified atom stereocenters. The predicted octanol–water partition coefficient (Wildman–Crippen LogP) is 7.69. The molecular formula is C37H54O7. The molecular weight excluding hydrogens is 556 g/mol. The van der Waals surface area contributed by atoms with Crippen LogP contribution in [0, 0.1) is 46.3 Å². The number of hydrogen-bond donors (Lipinski definition) is 2. The van der Waals surface area contributed by atoms with Gasteiger partial charge in [-0.1, -0.05) is 66.0 Å². The highest BCUT2D eigenvalue weighted by Crippen LogP contribution is 2.69. The zero-order valence-corrected chi connectivity index (χ0v) is 27.6. The van der Waals surface area contributed by atoms with Crippen LogP contribution < -0.4 is 0 Å². The Morgan fingerprint density at radius 3 is 2.30 bits per heavy atom. The van der Waals surface area contributed by atoms with Crippen molar-refractivity contribution < 1.29 is 34.1 Å². The number of ether oxygens (including phenoxy) is 2. The molecule has 0 aromatic heterocycles. The topological polar surface area (TPSA) is 110 Å². The van der Waals surface area contributed by atoms with E-state index in [1.807, 2.05) is 0 Å². The summed E-state index contributed by atoms with van der Waals surface area (Å²) in [6, 6.07) is 6.09. The highest BCUT2D eigenvalue weighted by Gasteiger charge is 2.69. The molecule has 244 valence electrons. The zero-order valence-electron chi connectivity index (χ0n) is 27.6. The van der Waals surface area contributed by atoms with Gasteiger partial charge in [0.05, 0.1) is 11.1 Å². The van der Waals surface area contributed by atoms with Crippen LogP contribution in [-0.2, 0) is 14.3 Å². The Hall–Kier alpha value is -2.41. The second-order valence-electron chi connectivity index (χ2n) is 15.7. The van der Waals surface area contributed by atoms with Crippen LogP contribution in [0.3, 0.4) is 0 Å². The Kier molecular flexibility index (Phi) is 9.30. The molecule has 0 bridgehead atoms. The average molecular weight is 611 g/mol. The predicted molar refractivity (Wildman–Crippen MR) is 168 cm³/mol. The van der Waals surface area contributed by atoms with Gasteiger partial charge in [-0.15, -0.1) is 0 Å². The van der Waals surface area contributed by atoms with Crippen molar-refractivity contribution in [2.24, 2.45) is 46.3 Å². The number of benzene rings is 1. The lowest BCUT2D eigenvalue weighted by molar-refractivity contribution is -0.265. The number of aliphatic hydroxyl groups is 1. The van der Waals surface area contributed by atoms with E-state index in [2.05, 4.69) is 34.6 Å². The van der Waals surface area contributed by atoms with Crippen LogP contribution in [0.2, 0.25) is 0 Å². The lowest BCUT2D eigenvalue weighted by Gasteiger charge is -2.65. The Labute approximate surface area is 263 Å². The molecule has 1 aromatic rings. The van der Waals surface area contributed by atoms with Gasteiger partial charge in [-0.05, 0) is 98.0 Å². The number of fused-ring (bicyclic) bond motifs is 5. The van der Waals surface area contributed by atoms with E-state index < -0.39 is 35.2 Å². The number of carboxylic acids is 1. The third kappa shape index (κ3) is 5.71. The molecule has 0 spiro atoms. The summed E-state index contributed by atoms with van der Waals surface area (Å²) in [5.41, 5.74) is -1.83. The number of esters is 2. The lowest BCUT2D eigenvalue weighted by atomic mass is 9.42. The van der Waals surface area contributed by atoms with E-state index in [9.17, 15) is 24.6 Å². The van der Waals surface area contributed by atoms with Gasteiger partial charge in [-0.2, -0.15) is 0 Å². The first-order valence-electron chi connectivity index (χ1n) is 17.1. The van der Waals surface area contributed by atoms with Gasteiger partial charge in [0, 0.05) is 18.8 Å². The van der Waals surface area contributed by atoms with Crippen LogP contribution in [0.5, 0.6) is 0 Å². The average Bonchev–Trinajstić information content (AvgIpc) is 3.31. The quantitative estimate of drug-likeness (QED) is 0.276. The molecule has 0 radical (unpaired) electrons. The van der Waals surface area contributed by atoms with Crippen molar-refractivity contribution in [3.8, 4) is 0 Å². The van der Waals surface area contributed by atoms with Crippen molar-refractivity contribution >= 4 is 17.9 Å². The lowest BCUT2D eigenvalue weighted by Crippen LogP contribution is -2.69. The Morgan fingerprint density at radius 2 is 1.64 bits per heavy atom. The van der Waals surface area contributed by atoms with E-state index in [0.29, 0.717) is 42.9 Å². The number of carboxylic acid groups (broad SMARTS) is 1. The summed E-state index contributed by atoms with van der Waals surface area (Å²) < 4.78 is 11.9. The first-order chi connectivity index (χ1) is 20.7. The minimum atomic E-state index is -1.39. The van der Waals surface area contributed by atoms with Crippen LogP contribution in [0.1, 0.15) is 133 Å². The van der Waals surface area contributed by atoms with Crippen molar-refractivity contribution in [2.75, 3.05) is 0 Å². The molecule has 0 aliphatic heterocycles. The second-order valence-corrected chi connectivity index (χ2v) is 15.7. The Morgan fingerprint density at radius 1 is 0.932 bits per heavy atom. The van der Waals surface area contributed by atoms with Gasteiger partial charge in [0.15, 0.2) is 0 Å². The SMILES string of the molecule is CC(=O)O[C@H]1CC[C@]2(C)[C@H]3CC[C@]4(C)[C@@H]([C@H](C)CCCC(C)C)CC[C@H]4[C@@H]3C[C@@H](OC(=O)c3ccccc3C(=O)O)[C@@]2(O)C1. The van der Waals surface area contributed by atoms with Crippen molar-refractivity contribution in [2.45, 2.75) is 130 Å². The van der Waals surface area contributed by atoms with Crippen LogP contribution in [-0.4, -0.2) is 45.9 Å². The maximum atomic E-state index is 13.7. The monoisotopic (exact) mass is 610 g/mol. The highest BCUT2D eigenvalue weighted by molar-refractivity contribution is 6.02. The van der Waals surface area contributed by atoms with E-state index in [1.165, 1.54) is 44.7 Å². The number of carbonyl (C=O) groups is 3. The van der Waals surface area contributed by atoms with E-state index >= 15 is 0 Å². The molecule has 5 rings (SSSR count). The maximum Gasteiger partial charge on any atom is 0.339 e. The van der Waals surface area contributed by atoms with E-state index in [-0.39, 0.29) is 34.8 Å². The van der Waals surface area contributed by atoms with Gasteiger partial charge in [-0.3, -0.25) is 4.79 Å². The molecule has 0 amide bonds. The summed E-state index contributed by atoms with van der Waals surface area (Å²) in [5.74, 6) is 0.813. The van der Waals surface area contributed by atoms with Gasteiger partial charge < -0.3 is 19.7 Å². The molecule has 44 heavy (non-hydrogen) atoms. The zero-order chi connectivity index (χ0) is 32.0. The minimum absolute atomic E-state index is 0.00981. The van der Waals surface area contributed by atoms with Crippen molar-refractivity contribution in [1.29, 1.82) is 0 Å². The van der Waals surface area contributed by atoms with E-state index in [0.717, 1.165) is 25.2 Å². The van der Waals surface area contributed by atoms with Gasteiger partial charge in [0.2, 0.25) is 0 Å². The molecule has 4 fully saturated rings. The maximum absolute atomic E-state index is 13.7. The second kappa shape index (κ2) is 12.4. The van der Waals surface area contributed by atoms with Crippen LogP contribution in [0.25, 0.3) is 0 Å². The summed E-state index contributed by atoms with van der Waals surface area (Å²) in [6.45, 7) is 13.1. The van der Waals surface area contributed by atoms with Gasteiger partial charge in [-0.25, -0.2) is 9.59 Å². The van der Waals surface area contributed by atoms with Crippen molar-refractivity contribution in [3.05, 3.63) is 35.4 Å². The molecule has 4 saturated carbocycles. The molecule has 10 atom stereocenters. The fourth-order valence-corrected chi connectivity index (χ4v) is 10.8. The summed E-state index contributed by atoms with van der Waals surface area (Å²) in [7, 11) is 0. The normalized spacial score (nSPS) is 38.6. The molecule has 4 aliphatic carbocycles. The summed E-state index contributed by atoms with van der Waals surface area (Å²) in [5, 5.41) is 22.5. The molecule has 4 aliphatic rings. The van der Waals surface area contributed by atoms with Crippen LogP contribution in [0.15, 0.2) is 24.3 Å². The Balaban J connectivity index is 1.46. The molecule has 0 saturated heterocycles. The first kappa shape index (κ1) is 33.0. The number of aromatic carboxylic acids is 1. The molecule has 7 heteroatoms.